The monoisotopic (exact) mass is 487 g/mol. The van der Waals surface area contributed by atoms with Crippen LogP contribution in [0.2, 0.25) is 5.02 Å². The summed E-state index contributed by atoms with van der Waals surface area (Å²) in [5.41, 5.74) is -0.420. The summed E-state index contributed by atoms with van der Waals surface area (Å²) in [6, 6.07) is 4.91. The number of aliphatic hydroxyl groups is 1. The third-order valence-electron chi connectivity index (χ3n) is 6.64. The Morgan fingerprint density at radius 3 is 2.22 bits per heavy atom. The Labute approximate surface area is 188 Å². The van der Waals surface area contributed by atoms with Crippen LogP contribution in [-0.4, -0.2) is 30.3 Å². The fourth-order valence-electron chi connectivity index (χ4n) is 4.96. The molecular weight excluding hydrogens is 467 g/mol. The zero-order valence-electron chi connectivity index (χ0n) is 17.0. The van der Waals surface area contributed by atoms with Crippen molar-refractivity contribution in [2.45, 2.75) is 48.4 Å². The van der Waals surface area contributed by atoms with Crippen LogP contribution in [0.15, 0.2) is 35.2 Å². The van der Waals surface area contributed by atoms with E-state index in [1.165, 1.54) is 12.1 Å². The SMILES string of the molecule is CC1(S(=O)(=O)c2cc(C(=O)Nc3cc(F)c(F)c(F)c3)ccc2Cl)CC2CCC(C1)C2O. The highest BCUT2D eigenvalue weighted by Crippen LogP contribution is 2.51. The van der Waals surface area contributed by atoms with Crippen molar-refractivity contribution in [2.24, 2.45) is 11.8 Å². The molecule has 4 rings (SSSR count). The maximum absolute atomic E-state index is 13.6. The number of amides is 1. The van der Waals surface area contributed by atoms with E-state index in [-0.39, 0.29) is 45.8 Å². The van der Waals surface area contributed by atoms with Crippen molar-refractivity contribution in [1.82, 2.24) is 0 Å². The summed E-state index contributed by atoms with van der Waals surface area (Å²) in [6.07, 6.45) is 1.58. The number of carbonyl (C=O) groups is 1. The molecule has 2 atom stereocenters. The van der Waals surface area contributed by atoms with E-state index in [0.717, 1.165) is 18.9 Å². The maximum Gasteiger partial charge on any atom is 0.255 e. The second kappa shape index (κ2) is 8.04. The lowest BCUT2D eigenvalue weighted by molar-refractivity contribution is 0.0477. The molecule has 2 saturated carbocycles. The molecule has 172 valence electrons. The number of fused-ring (bicyclic) bond motifs is 2. The fourth-order valence-corrected chi connectivity index (χ4v) is 7.39. The van der Waals surface area contributed by atoms with Crippen LogP contribution in [0.1, 0.15) is 43.0 Å². The third-order valence-corrected chi connectivity index (χ3v) is 9.62. The van der Waals surface area contributed by atoms with Crippen molar-refractivity contribution in [3.05, 3.63) is 58.4 Å². The predicted octanol–water partition coefficient (Wildman–Crippen LogP) is 4.72. The fraction of sp³-hybridized carbons (Fsp3) is 0.409. The molecule has 1 amide bonds. The van der Waals surface area contributed by atoms with E-state index in [0.29, 0.717) is 12.1 Å². The molecule has 5 nitrogen and oxygen atoms in total. The molecule has 10 heteroatoms. The van der Waals surface area contributed by atoms with Gasteiger partial charge < -0.3 is 10.4 Å². The Morgan fingerprint density at radius 2 is 1.66 bits per heavy atom. The van der Waals surface area contributed by atoms with Gasteiger partial charge in [-0.25, -0.2) is 21.6 Å². The molecule has 32 heavy (non-hydrogen) atoms. The summed E-state index contributed by atoms with van der Waals surface area (Å²) in [4.78, 5) is 12.4. The van der Waals surface area contributed by atoms with Crippen LogP contribution in [0, 0.1) is 29.3 Å². The topological polar surface area (TPSA) is 83.5 Å². The van der Waals surface area contributed by atoms with Crippen molar-refractivity contribution in [2.75, 3.05) is 5.32 Å². The predicted molar refractivity (Wildman–Crippen MR) is 113 cm³/mol. The number of benzene rings is 2. The van der Waals surface area contributed by atoms with Crippen molar-refractivity contribution >= 4 is 33.0 Å². The van der Waals surface area contributed by atoms with Crippen molar-refractivity contribution < 1.29 is 31.5 Å². The number of anilines is 1. The number of hydrogen-bond acceptors (Lipinski definition) is 4. The average Bonchev–Trinajstić information content (AvgIpc) is 2.93. The largest absolute Gasteiger partial charge is 0.393 e. The Morgan fingerprint density at radius 1 is 1.09 bits per heavy atom. The highest BCUT2D eigenvalue weighted by molar-refractivity contribution is 7.93. The van der Waals surface area contributed by atoms with Gasteiger partial charge in [-0.05, 0) is 62.6 Å². The van der Waals surface area contributed by atoms with Crippen LogP contribution in [0.25, 0.3) is 0 Å². The van der Waals surface area contributed by atoms with Crippen LogP contribution < -0.4 is 5.32 Å². The molecule has 2 aromatic rings. The van der Waals surface area contributed by atoms with E-state index in [4.69, 9.17) is 11.6 Å². The molecule has 0 radical (unpaired) electrons. The Balaban J connectivity index is 1.65. The normalized spacial score (nSPS) is 27.4. The molecule has 2 bridgehead atoms. The first kappa shape index (κ1) is 23.1. The van der Waals surface area contributed by atoms with Gasteiger partial charge >= 0.3 is 0 Å². The number of hydrogen-bond donors (Lipinski definition) is 2. The molecule has 2 N–H and O–H groups in total. The maximum atomic E-state index is 13.6. The van der Waals surface area contributed by atoms with Crippen molar-refractivity contribution in [3.63, 3.8) is 0 Å². The highest BCUT2D eigenvalue weighted by Gasteiger charge is 2.53. The van der Waals surface area contributed by atoms with E-state index < -0.39 is 44.0 Å². The van der Waals surface area contributed by atoms with Crippen molar-refractivity contribution in [1.29, 1.82) is 0 Å². The summed E-state index contributed by atoms with van der Waals surface area (Å²) < 4.78 is 66.0. The number of sulfone groups is 1. The number of nitrogens with one attached hydrogen (secondary N) is 1. The molecule has 2 unspecified atom stereocenters. The van der Waals surface area contributed by atoms with Gasteiger partial charge in [-0.2, -0.15) is 0 Å². The molecule has 2 aliphatic rings. The molecule has 2 fully saturated rings. The summed E-state index contributed by atoms with van der Waals surface area (Å²) in [7, 11) is -3.98. The quantitative estimate of drug-likeness (QED) is 0.611. The van der Waals surface area contributed by atoms with Gasteiger partial charge in [0.25, 0.3) is 5.91 Å². The lowest BCUT2D eigenvalue weighted by atomic mass is 9.79. The number of aliphatic hydroxyl groups excluding tert-OH is 1. The van der Waals surface area contributed by atoms with Gasteiger partial charge in [0.1, 0.15) is 0 Å². The smallest absolute Gasteiger partial charge is 0.255 e. The third kappa shape index (κ3) is 3.80. The first-order valence-electron chi connectivity index (χ1n) is 10.1. The van der Waals surface area contributed by atoms with Gasteiger partial charge in [0.05, 0.1) is 20.8 Å². The Bertz CT molecular complexity index is 1170. The molecule has 0 aromatic heterocycles. The van der Waals surface area contributed by atoms with Gasteiger partial charge in [-0.15, -0.1) is 0 Å². The van der Waals surface area contributed by atoms with Gasteiger partial charge in [0.15, 0.2) is 27.3 Å². The van der Waals surface area contributed by atoms with E-state index in [1.54, 1.807) is 6.92 Å². The van der Waals surface area contributed by atoms with Gasteiger partial charge in [0.2, 0.25) is 0 Å². The summed E-state index contributed by atoms with van der Waals surface area (Å²) in [5.74, 6) is -5.66. The van der Waals surface area contributed by atoms with Gasteiger partial charge in [0, 0.05) is 23.4 Å². The molecule has 2 aromatic carbocycles. The second-order valence-corrected chi connectivity index (χ2v) is 11.6. The number of halogens is 4. The highest BCUT2D eigenvalue weighted by atomic mass is 35.5. The van der Waals surface area contributed by atoms with Crippen LogP contribution in [0.5, 0.6) is 0 Å². The minimum absolute atomic E-state index is 0.0554. The van der Waals surface area contributed by atoms with Gasteiger partial charge in [-0.1, -0.05) is 11.6 Å². The van der Waals surface area contributed by atoms with E-state index in [9.17, 15) is 31.5 Å². The van der Waals surface area contributed by atoms with Crippen LogP contribution in [0.3, 0.4) is 0 Å². The lowest BCUT2D eigenvalue weighted by Gasteiger charge is -2.40. The van der Waals surface area contributed by atoms with Gasteiger partial charge in [-0.3, -0.25) is 4.79 Å². The molecule has 0 heterocycles. The molecule has 0 aliphatic heterocycles. The zero-order chi connectivity index (χ0) is 23.4. The standard InChI is InChI=1S/C22H21ClF3NO4S/c1-22(9-12-2-3-13(10-22)20(12)28)32(30,31)18-6-11(4-5-15(18)23)21(29)27-14-7-16(24)19(26)17(25)8-14/h4-8,12-13,20,28H,2-3,9-10H2,1H3,(H,27,29). The lowest BCUT2D eigenvalue weighted by Crippen LogP contribution is -2.46. The molecule has 0 spiro atoms. The first-order valence-corrected chi connectivity index (χ1v) is 12.0. The van der Waals surface area contributed by atoms with Crippen molar-refractivity contribution in [3.8, 4) is 0 Å². The molecule has 0 saturated heterocycles. The Kier molecular flexibility index (Phi) is 5.80. The second-order valence-electron chi connectivity index (χ2n) is 8.80. The Hall–Kier alpha value is -2.10. The minimum atomic E-state index is -3.98. The van der Waals surface area contributed by atoms with E-state index in [2.05, 4.69) is 5.32 Å². The summed E-state index contributed by atoms with van der Waals surface area (Å²) in [6.45, 7) is 1.63. The minimum Gasteiger partial charge on any atom is -0.393 e. The van der Waals surface area contributed by atoms with Crippen LogP contribution >= 0.6 is 11.6 Å². The zero-order valence-corrected chi connectivity index (χ0v) is 18.6. The molecule has 2 aliphatic carbocycles. The molecular formula is C22H21ClF3NO4S. The number of rotatable bonds is 4. The first-order chi connectivity index (χ1) is 14.9. The van der Waals surface area contributed by atoms with Crippen LogP contribution in [0.4, 0.5) is 18.9 Å². The van der Waals surface area contributed by atoms with E-state index >= 15 is 0 Å². The van der Waals surface area contributed by atoms with E-state index in [1.807, 2.05) is 0 Å². The summed E-state index contributed by atoms with van der Waals surface area (Å²) >= 11 is 6.20. The summed E-state index contributed by atoms with van der Waals surface area (Å²) in [5, 5.41) is 12.5. The van der Waals surface area contributed by atoms with Crippen LogP contribution in [-0.2, 0) is 9.84 Å². The number of carbonyl (C=O) groups excluding carboxylic acids is 1. The average molecular weight is 488 g/mol.